The van der Waals surface area contributed by atoms with Crippen molar-refractivity contribution < 1.29 is 0 Å². The molecule has 0 bridgehead atoms. The Morgan fingerprint density at radius 3 is 2.44 bits per heavy atom. The molecule has 0 unspecified atom stereocenters. The highest BCUT2D eigenvalue weighted by atomic mass is 14.9. The van der Waals surface area contributed by atoms with E-state index in [4.69, 9.17) is 0 Å². The first-order chi connectivity index (χ1) is 8.73. The molecule has 2 rings (SSSR count). The predicted molar refractivity (Wildman–Crippen MR) is 77.9 cm³/mol. The quantitative estimate of drug-likeness (QED) is 0.834. The summed E-state index contributed by atoms with van der Waals surface area (Å²) in [5, 5.41) is 7.15. The molecule has 100 valence electrons. The summed E-state index contributed by atoms with van der Waals surface area (Å²) in [6, 6.07) is 11.0. The molecule has 0 saturated carbocycles. The lowest BCUT2D eigenvalue weighted by molar-refractivity contribution is 0.289. The van der Waals surface area contributed by atoms with Crippen molar-refractivity contribution in [1.82, 2.24) is 10.6 Å². The summed E-state index contributed by atoms with van der Waals surface area (Å²) in [6.45, 7) is 9.03. The summed E-state index contributed by atoms with van der Waals surface area (Å²) >= 11 is 0. The van der Waals surface area contributed by atoms with Crippen molar-refractivity contribution in [3.8, 4) is 0 Å². The van der Waals surface area contributed by atoms with Crippen LogP contribution in [0.1, 0.15) is 32.3 Å². The van der Waals surface area contributed by atoms with E-state index in [2.05, 4.69) is 54.8 Å². The maximum Gasteiger partial charge on any atom is 0.0102 e. The third-order valence-corrected chi connectivity index (χ3v) is 3.96. The SMILES string of the molecule is CC(C)CNCC1(c2ccccc2)CCNCC1. The minimum atomic E-state index is 0.335. The zero-order valence-corrected chi connectivity index (χ0v) is 11.7. The largest absolute Gasteiger partial charge is 0.317 e. The normalized spacial score (nSPS) is 19.1. The molecule has 2 heteroatoms. The lowest BCUT2D eigenvalue weighted by Gasteiger charge is -2.38. The third kappa shape index (κ3) is 3.33. The Bertz CT molecular complexity index is 339. The molecule has 1 aliphatic heterocycles. The summed E-state index contributed by atoms with van der Waals surface area (Å²) in [5.74, 6) is 0.722. The van der Waals surface area contributed by atoms with Crippen LogP contribution in [0.4, 0.5) is 0 Å². The summed E-state index contributed by atoms with van der Waals surface area (Å²) in [6.07, 6.45) is 2.48. The molecule has 1 aromatic rings. The Balaban J connectivity index is 2.08. The van der Waals surface area contributed by atoms with Crippen LogP contribution in [-0.4, -0.2) is 26.2 Å². The molecule has 0 aromatic heterocycles. The van der Waals surface area contributed by atoms with Gasteiger partial charge in [-0.25, -0.2) is 0 Å². The van der Waals surface area contributed by atoms with Crippen molar-refractivity contribution in [3.05, 3.63) is 35.9 Å². The fourth-order valence-corrected chi connectivity index (χ4v) is 2.86. The maximum atomic E-state index is 3.67. The van der Waals surface area contributed by atoms with Gasteiger partial charge in [-0.05, 0) is 44.0 Å². The van der Waals surface area contributed by atoms with E-state index in [1.54, 1.807) is 0 Å². The number of hydrogen-bond donors (Lipinski definition) is 2. The zero-order valence-electron chi connectivity index (χ0n) is 11.7. The molecule has 0 radical (unpaired) electrons. The molecule has 0 aliphatic carbocycles. The van der Waals surface area contributed by atoms with Crippen LogP contribution in [-0.2, 0) is 5.41 Å². The van der Waals surface area contributed by atoms with Gasteiger partial charge in [0, 0.05) is 12.0 Å². The Morgan fingerprint density at radius 1 is 1.17 bits per heavy atom. The molecule has 0 spiro atoms. The van der Waals surface area contributed by atoms with Gasteiger partial charge in [0.15, 0.2) is 0 Å². The van der Waals surface area contributed by atoms with Gasteiger partial charge in [0.05, 0.1) is 0 Å². The van der Waals surface area contributed by atoms with Crippen LogP contribution >= 0.6 is 0 Å². The van der Waals surface area contributed by atoms with E-state index in [1.165, 1.54) is 18.4 Å². The molecule has 18 heavy (non-hydrogen) atoms. The lowest BCUT2D eigenvalue weighted by Crippen LogP contribution is -2.47. The van der Waals surface area contributed by atoms with Crippen LogP contribution in [0.3, 0.4) is 0 Å². The van der Waals surface area contributed by atoms with E-state index < -0.39 is 0 Å². The number of benzene rings is 1. The van der Waals surface area contributed by atoms with Gasteiger partial charge in [-0.3, -0.25) is 0 Å². The van der Waals surface area contributed by atoms with Gasteiger partial charge in [0.1, 0.15) is 0 Å². The van der Waals surface area contributed by atoms with Gasteiger partial charge in [-0.15, -0.1) is 0 Å². The average Bonchev–Trinajstić information content (AvgIpc) is 2.40. The molecule has 2 N–H and O–H groups in total. The minimum absolute atomic E-state index is 0.335. The maximum absolute atomic E-state index is 3.67. The second-order valence-electron chi connectivity index (χ2n) is 5.92. The second-order valence-corrected chi connectivity index (χ2v) is 5.92. The molecular weight excluding hydrogens is 220 g/mol. The molecule has 2 nitrogen and oxygen atoms in total. The number of piperidine rings is 1. The Hall–Kier alpha value is -0.860. The van der Waals surface area contributed by atoms with Gasteiger partial charge in [0.25, 0.3) is 0 Å². The standard InChI is InChI=1S/C16H26N2/c1-14(2)12-18-13-16(8-10-17-11-9-16)15-6-4-3-5-7-15/h3-7,14,17-18H,8-13H2,1-2H3. The van der Waals surface area contributed by atoms with E-state index in [0.29, 0.717) is 5.41 Å². The van der Waals surface area contributed by atoms with Crippen molar-refractivity contribution in [2.45, 2.75) is 32.1 Å². The van der Waals surface area contributed by atoms with Crippen LogP contribution < -0.4 is 10.6 Å². The van der Waals surface area contributed by atoms with Crippen LogP contribution in [0.2, 0.25) is 0 Å². The number of hydrogen-bond acceptors (Lipinski definition) is 2. The van der Waals surface area contributed by atoms with Crippen molar-refractivity contribution in [2.75, 3.05) is 26.2 Å². The highest BCUT2D eigenvalue weighted by Gasteiger charge is 2.33. The summed E-state index contributed by atoms with van der Waals surface area (Å²) < 4.78 is 0. The van der Waals surface area contributed by atoms with Crippen molar-refractivity contribution in [2.24, 2.45) is 5.92 Å². The van der Waals surface area contributed by atoms with Gasteiger partial charge < -0.3 is 10.6 Å². The van der Waals surface area contributed by atoms with E-state index in [1.807, 2.05) is 0 Å². The summed E-state index contributed by atoms with van der Waals surface area (Å²) in [7, 11) is 0. The van der Waals surface area contributed by atoms with E-state index >= 15 is 0 Å². The monoisotopic (exact) mass is 246 g/mol. The van der Waals surface area contributed by atoms with Crippen LogP contribution in [0.5, 0.6) is 0 Å². The molecule has 1 heterocycles. The molecule has 0 atom stereocenters. The zero-order chi connectivity index (χ0) is 12.8. The van der Waals surface area contributed by atoms with Crippen LogP contribution in [0.25, 0.3) is 0 Å². The van der Waals surface area contributed by atoms with Gasteiger partial charge >= 0.3 is 0 Å². The summed E-state index contributed by atoms with van der Waals surface area (Å²) in [4.78, 5) is 0. The first-order valence-corrected chi connectivity index (χ1v) is 7.20. The first-order valence-electron chi connectivity index (χ1n) is 7.20. The molecular formula is C16H26N2. The minimum Gasteiger partial charge on any atom is -0.317 e. The van der Waals surface area contributed by atoms with Gasteiger partial charge in [-0.1, -0.05) is 44.2 Å². The lowest BCUT2D eigenvalue weighted by atomic mass is 9.73. The van der Waals surface area contributed by atoms with Gasteiger partial charge in [-0.2, -0.15) is 0 Å². The van der Waals surface area contributed by atoms with Crippen LogP contribution in [0, 0.1) is 5.92 Å². The Kier molecular flexibility index (Phi) is 4.79. The van der Waals surface area contributed by atoms with Crippen molar-refractivity contribution in [3.63, 3.8) is 0 Å². The van der Waals surface area contributed by atoms with E-state index in [9.17, 15) is 0 Å². The molecule has 1 aromatic carbocycles. The second kappa shape index (κ2) is 6.35. The first kappa shape index (κ1) is 13.6. The number of nitrogens with one attached hydrogen (secondary N) is 2. The highest BCUT2D eigenvalue weighted by molar-refractivity contribution is 5.27. The third-order valence-electron chi connectivity index (χ3n) is 3.96. The molecule has 1 saturated heterocycles. The van der Waals surface area contributed by atoms with Crippen molar-refractivity contribution >= 4 is 0 Å². The smallest absolute Gasteiger partial charge is 0.0102 e. The fraction of sp³-hybridized carbons (Fsp3) is 0.625. The Labute approximate surface area is 111 Å². The van der Waals surface area contributed by atoms with Crippen LogP contribution in [0.15, 0.2) is 30.3 Å². The molecule has 0 amide bonds. The topological polar surface area (TPSA) is 24.1 Å². The van der Waals surface area contributed by atoms with Crippen molar-refractivity contribution in [1.29, 1.82) is 0 Å². The highest BCUT2D eigenvalue weighted by Crippen LogP contribution is 2.32. The predicted octanol–water partition coefficient (Wildman–Crippen LogP) is 2.55. The average molecular weight is 246 g/mol. The molecule has 1 fully saturated rings. The van der Waals surface area contributed by atoms with Gasteiger partial charge in [0.2, 0.25) is 0 Å². The summed E-state index contributed by atoms with van der Waals surface area (Å²) in [5.41, 5.74) is 1.84. The number of rotatable bonds is 5. The van der Waals surface area contributed by atoms with E-state index in [-0.39, 0.29) is 0 Å². The van der Waals surface area contributed by atoms with E-state index in [0.717, 1.165) is 32.1 Å². The molecule has 1 aliphatic rings. The Morgan fingerprint density at radius 2 is 1.83 bits per heavy atom. The fourth-order valence-electron chi connectivity index (χ4n) is 2.86.